The van der Waals surface area contributed by atoms with Gasteiger partial charge in [0.15, 0.2) is 0 Å². The third kappa shape index (κ3) is 17.8. The fourth-order valence-electron chi connectivity index (χ4n) is 6.72. The fourth-order valence-corrected chi connectivity index (χ4v) is 9.78. The van der Waals surface area contributed by atoms with Crippen LogP contribution in [-0.2, 0) is 28.4 Å². The summed E-state index contributed by atoms with van der Waals surface area (Å²) in [5.74, 6) is 6.58. The molecule has 6 rings (SSSR count). The van der Waals surface area contributed by atoms with E-state index < -0.39 is 0 Å². The van der Waals surface area contributed by atoms with Crippen LogP contribution < -0.4 is 10.6 Å². The van der Waals surface area contributed by atoms with Crippen LogP contribution in [0.3, 0.4) is 0 Å². The minimum Gasteiger partial charge on any atom is -0.378 e. The second kappa shape index (κ2) is 30.5. The monoisotopic (exact) mass is 978 g/mol. The smallest absolute Gasteiger partial charge is 0.351 e. The van der Waals surface area contributed by atoms with Crippen LogP contribution in [0.5, 0.6) is 0 Å². The zero-order valence-corrected chi connectivity index (χ0v) is 43.6. The van der Waals surface area contributed by atoms with Crippen molar-refractivity contribution in [2.24, 2.45) is 9.98 Å². The quantitative estimate of drug-likeness (QED) is 0.105. The van der Waals surface area contributed by atoms with Gasteiger partial charge >= 0.3 is 5.69 Å². The SMILES string of the molecule is C=C1N=C(N(C)C)C=CN1[C@H]1CS[C@@H](COCCCC)O1.C=C1N=C(N(CC)CC)C=CN1[C@H]1CS[C@@H](COCCCC)O1.CCCCOC[C@H]1O[C@@H](n2ccc(N(C)CC)nc2=O)CS1. The molecule has 1 aromatic heterocycles. The molecule has 0 spiro atoms. The van der Waals surface area contributed by atoms with Crippen molar-refractivity contribution in [2.75, 3.05) is 103 Å². The van der Waals surface area contributed by atoms with E-state index in [2.05, 4.69) is 67.6 Å². The van der Waals surface area contributed by atoms with Gasteiger partial charge in [0.2, 0.25) is 0 Å². The summed E-state index contributed by atoms with van der Waals surface area (Å²) in [6.45, 7) is 27.8. The first-order valence-electron chi connectivity index (χ1n) is 23.7. The average Bonchev–Trinajstić information content (AvgIpc) is 4.11. The van der Waals surface area contributed by atoms with Crippen molar-refractivity contribution < 1.29 is 28.4 Å². The van der Waals surface area contributed by atoms with Crippen molar-refractivity contribution in [1.29, 1.82) is 0 Å². The van der Waals surface area contributed by atoms with Gasteiger partial charge in [-0.2, -0.15) is 4.98 Å². The number of anilines is 1. The number of hydrogen-bond acceptors (Lipinski definition) is 18. The lowest BCUT2D eigenvalue weighted by Gasteiger charge is -2.31. The molecular weight excluding hydrogens is 899 g/mol. The Balaban J connectivity index is 0.000000217. The molecule has 372 valence electrons. The zero-order chi connectivity index (χ0) is 47.8. The van der Waals surface area contributed by atoms with Crippen LogP contribution in [0.15, 0.2) is 76.4 Å². The molecule has 19 heteroatoms. The van der Waals surface area contributed by atoms with Gasteiger partial charge in [0, 0.05) is 96.5 Å². The summed E-state index contributed by atoms with van der Waals surface area (Å²) in [4.78, 5) is 35.5. The Labute approximate surface area is 408 Å². The average molecular weight is 978 g/mol. The van der Waals surface area contributed by atoms with E-state index >= 15 is 0 Å². The number of likely N-dealkylation sites (N-methyl/N-ethyl adjacent to an activating group) is 2. The summed E-state index contributed by atoms with van der Waals surface area (Å²) in [6, 6.07) is 1.85. The van der Waals surface area contributed by atoms with Gasteiger partial charge in [-0.05, 0) is 58.3 Å². The van der Waals surface area contributed by atoms with Crippen molar-refractivity contribution in [3.63, 3.8) is 0 Å². The molecule has 66 heavy (non-hydrogen) atoms. The van der Waals surface area contributed by atoms with Crippen molar-refractivity contribution in [2.45, 2.75) is 115 Å². The predicted molar refractivity (Wildman–Crippen MR) is 275 cm³/mol. The maximum absolute atomic E-state index is 12.2. The van der Waals surface area contributed by atoms with Gasteiger partial charge in [-0.3, -0.25) is 4.57 Å². The Morgan fingerprint density at radius 1 is 0.667 bits per heavy atom. The molecule has 0 radical (unpaired) electrons. The summed E-state index contributed by atoms with van der Waals surface area (Å²) in [6.07, 6.45) is 16.3. The number of nitrogens with zero attached hydrogens (tertiary/aromatic N) is 9. The van der Waals surface area contributed by atoms with E-state index in [9.17, 15) is 4.79 Å². The van der Waals surface area contributed by atoms with Crippen molar-refractivity contribution in [3.05, 3.63) is 72.1 Å². The van der Waals surface area contributed by atoms with E-state index in [1.54, 1.807) is 46.0 Å². The van der Waals surface area contributed by atoms with Crippen LogP contribution in [0.4, 0.5) is 5.82 Å². The number of amidine groups is 2. The topological polar surface area (TPSA) is 131 Å². The number of thioether (sulfide) groups is 3. The van der Waals surface area contributed by atoms with Crippen LogP contribution in [-0.4, -0.2) is 167 Å². The van der Waals surface area contributed by atoms with Gasteiger partial charge < -0.3 is 52.9 Å². The third-order valence-corrected chi connectivity index (χ3v) is 14.2. The van der Waals surface area contributed by atoms with Crippen LogP contribution in [0.2, 0.25) is 0 Å². The molecule has 6 atom stereocenters. The molecule has 0 aliphatic carbocycles. The molecule has 5 aliphatic rings. The van der Waals surface area contributed by atoms with Crippen molar-refractivity contribution in [1.82, 2.24) is 29.2 Å². The van der Waals surface area contributed by atoms with Gasteiger partial charge in [-0.25, -0.2) is 14.8 Å². The summed E-state index contributed by atoms with van der Waals surface area (Å²) in [7, 11) is 5.85. The molecule has 5 aliphatic heterocycles. The first kappa shape index (κ1) is 55.6. The van der Waals surface area contributed by atoms with E-state index in [4.69, 9.17) is 28.4 Å². The normalized spacial score (nSPS) is 23.6. The lowest BCUT2D eigenvalue weighted by Crippen LogP contribution is -2.37. The van der Waals surface area contributed by atoms with Crippen molar-refractivity contribution in [3.8, 4) is 0 Å². The van der Waals surface area contributed by atoms with Gasteiger partial charge in [0.1, 0.15) is 64.1 Å². The highest BCUT2D eigenvalue weighted by Gasteiger charge is 2.33. The van der Waals surface area contributed by atoms with E-state index in [0.717, 1.165) is 119 Å². The molecule has 0 aromatic carbocycles. The highest BCUT2D eigenvalue weighted by molar-refractivity contribution is 8.00. The maximum Gasteiger partial charge on any atom is 0.351 e. The maximum atomic E-state index is 12.2. The van der Waals surface area contributed by atoms with Crippen LogP contribution in [0.1, 0.15) is 86.3 Å². The molecule has 6 heterocycles. The van der Waals surface area contributed by atoms with Gasteiger partial charge in [-0.15, -0.1) is 35.3 Å². The third-order valence-electron chi connectivity index (χ3n) is 10.9. The first-order chi connectivity index (χ1) is 32.0. The summed E-state index contributed by atoms with van der Waals surface area (Å²) in [5, 5.41) is 0. The number of hydrogen-bond donors (Lipinski definition) is 0. The highest BCUT2D eigenvalue weighted by atomic mass is 32.2. The van der Waals surface area contributed by atoms with Crippen LogP contribution in [0, 0.1) is 0 Å². The Bertz CT molecular complexity index is 1800. The Morgan fingerprint density at radius 2 is 1.11 bits per heavy atom. The van der Waals surface area contributed by atoms with E-state index in [1.165, 1.54) is 0 Å². The number of rotatable bonds is 22. The number of ether oxygens (including phenoxy) is 6. The molecule has 3 saturated heterocycles. The van der Waals surface area contributed by atoms with Crippen LogP contribution in [0.25, 0.3) is 0 Å². The van der Waals surface area contributed by atoms with E-state index in [0.29, 0.717) is 25.6 Å². The number of aliphatic imine (C=N–C) groups is 2. The minimum absolute atomic E-state index is 0.00764. The number of aromatic nitrogens is 2. The molecule has 0 saturated carbocycles. The molecule has 1 aromatic rings. The fraction of sp³-hybridized carbons (Fsp3) is 0.702. The second-order valence-corrected chi connectivity index (χ2v) is 19.7. The Hall–Kier alpha value is -3.01. The molecular formula is C47H79N9O7S3. The minimum atomic E-state index is -0.268. The summed E-state index contributed by atoms with van der Waals surface area (Å²) < 4.78 is 36.4. The highest BCUT2D eigenvalue weighted by Crippen LogP contribution is 2.33. The van der Waals surface area contributed by atoms with Crippen molar-refractivity contribution >= 4 is 52.8 Å². The predicted octanol–water partition coefficient (Wildman–Crippen LogP) is 7.84. The zero-order valence-electron chi connectivity index (χ0n) is 41.2. The summed E-state index contributed by atoms with van der Waals surface area (Å²) in [5.41, 5.74) is -0.0683. The lowest BCUT2D eigenvalue weighted by atomic mass is 10.3. The molecule has 0 amide bonds. The van der Waals surface area contributed by atoms with Gasteiger partial charge in [-0.1, -0.05) is 53.2 Å². The first-order valence-corrected chi connectivity index (χ1v) is 26.9. The standard InChI is InChI=1S/C17H29N3O2S.C15H25N3O3S.C15H25N3O2S/c1-5-8-11-21-12-17-22-16(13-23-17)20-10-9-15(18-14(20)4)19(6-2)7-3;1-4-6-9-20-10-14-21-13(11-22-14)18-8-7-12(16-15(18)19)17(3)5-2;1-5-6-9-19-10-15-20-14(11-21-15)18-8-7-13(17(3)4)16-12(18)2/h9-10,16-17H,4-8,11-13H2,1-3H3;7-8,13-14H,4-6,9-11H2,1-3H3;7-8,14-15H,2,5-6,9-11H2,1,3-4H3/t16-,17+;13-,14+;14-,15+/m111/s1. The molecule has 0 N–H and O–H groups in total. The molecule has 3 fully saturated rings. The van der Waals surface area contributed by atoms with E-state index in [-0.39, 0.29) is 40.7 Å². The van der Waals surface area contributed by atoms with Crippen LogP contribution >= 0.6 is 35.3 Å². The lowest BCUT2D eigenvalue weighted by molar-refractivity contribution is -0.0389. The summed E-state index contributed by atoms with van der Waals surface area (Å²) >= 11 is 5.27. The Morgan fingerprint density at radius 3 is 1.52 bits per heavy atom. The second-order valence-electron chi connectivity index (χ2n) is 16.1. The van der Waals surface area contributed by atoms with Gasteiger partial charge in [0.25, 0.3) is 0 Å². The molecule has 16 nitrogen and oxygen atoms in total. The number of unbranched alkanes of at least 4 members (excludes halogenated alkanes) is 3. The van der Waals surface area contributed by atoms with E-state index in [1.807, 2.05) is 78.3 Å². The molecule has 0 bridgehead atoms. The van der Waals surface area contributed by atoms with Gasteiger partial charge in [0.05, 0.1) is 19.8 Å². The largest absolute Gasteiger partial charge is 0.378 e. The Kier molecular flexibility index (Phi) is 25.7. The molecule has 0 unspecified atom stereocenters.